The Morgan fingerprint density at radius 3 is 1.92 bits per heavy atom. The highest BCUT2D eigenvalue weighted by atomic mass is 32.2. The van der Waals surface area contributed by atoms with Gasteiger partial charge in [0.1, 0.15) is 17.2 Å². The number of nitrogens with one attached hydrogen (secondary N) is 1. The summed E-state index contributed by atoms with van der Waals surface area (Å²) < 4.78 is 24.4. The maximum Gasteiger partial charge on any atom is 0.354 e. The highest BCUT2D eigenvalue weighted by Crippen LogP contribution is 2.29. The molecule has 1 fully saturated rings. The number of aromatic carboxylic acids is 2. The van der Waals surface area contributed by atoms with Crippen molar-refractivity contribution in [3.05, 3.63) is 130 Å². The highest BCUT2D eigenvalue weighted by molar-refractivity contribution is 7.99. The van der Waals surface area contributed by atoms with E-state index in [1.165, 1.54) is 12.1 Å². The molecule has 2 aromatic heterocycles. The summed E-state index contributed by atoms with van der Waals surface area (Å²) in [6.45, 7) is 6.10. The number of carbonyl (C=O) groups is 4. The molecule has 1 aliphatic carbocycles. The minimum absolute atomic E-state index is 0.0142. The van der Waals surface area contributed by atoms with Gasteiger partial charge in [0, 0.05) is 87.2 Å². The van der Waals surface area contributed by atoms with Crippen LogP contribution in [0.15, 0.2) is 84.9 Å². The summed E-state index contributed by atoms with van der Waals surface area (Å²) in [6.07, 6.45) is 0.465. The van der Waals surface area contributed by atoms with Crippen molar-refractivity contribution in [2.75, 3.05) is 90.5 Å². The number of nitrogens with zero attached hydrogens (tertiary/aromatic N) is 4. The molecule has 2 atom stereocenters. The second kappa shape index (κ2) is 26.5. The third-order valence-corrected chi connectivity index (χ3v) is 12.0. The van der Waals surface area contributed by atoms with Crippen LogP contribution in [0.2, 0.25) is 0 Å². The number of fused-ring (bicyclic) bond motifs is 2. The number of ketones is 1. The number of carbonyl (C=O) groups excluding carboxylic acids is 2. The smallest absolute Gasteiger partial charge is 0.354 e. The predicted octanol–water partition coefficient (Wildman–Crippen LogP) is 4.56. The molecule has 6 rings (SSSR count). The maximum absolute atomic E-state index is 13.7. The number of ether oxygens (including phenoxy) is 4. The lowest BCUT2D eigenvalue weighted by Crippen LogP contribution is -2.35. The monoisotopic (exact) mass is 907 g/mol. The first-order valence-electron chi connectivity index (χ1n) is 22.0. The summed E-state index contributed by atoms with van der Waals surface area (Å²) in [5, 5.41) is 21.9. The van der Waals surface area contributed by atoms with Gasteiger partial charge in [-0.3, -0.25) is 19.4 Å². The van der Waals surface area contributed by atoms with E-state index in [1.807, 2.05) is 48.5 Å². The first kappa shape index (κ1) is 48.9. The number of pyridine rings is 2. The fourth-order valence-electron chi connectivity index (χ4n) is 7.45. The summed E-state index contributed by atoms with van der Waals surface area (Å²) >= 11 is 1.63. The Morgan fingerprint density at radius 2 is 1.26 bits per heavy atom. The zero-order valence-electron chi connectivity index (χ0n) is 36.5. The molecule has 0 saturated carbocycles. The van der Waals surface area contributed by atoms with Crippen LogP contribution in [0, 0.1) is 11.8 Å². The molecular formula is C49H57N5O10S. The largest absolute Gasteiger partial charge is 0.477 e. The number of benzene rings is 2. The number of rotatable bonds is 15. The standard InChI is InChI=1S/C49H57N5O10S/c55-46(43-31-38-9-2-1-7-36(38)15-16-37-8-3-4-12-42(37)43)17-18-47(56)50-19-30-65-35-41-34-63-26-22-53(32-39-10-5-13-44(51-39)48(57)58)20-24-61-28-29-62-25-21-54(23-27-64-41)33-40-11-6-14-45(52-40)49(59)60/h1-14,41,43H,17-35H2,(H,50,56)(H,57,58)(H,59,60)/t41-,43?/m0/s1. The van der Waals surface area contributed by atoms with Gasteiger partial charge < -0.3 is 34.5 Å². The van der Waals surface area contributed by atoms with Crippen molar-refractivity contribution >= 4 is 35.4 Å². The third-order valence-electron chi connectivity index (χ3n) is 10.9. The van der Waals surface area contributed by atoms with E-state index >= 15 is 0 Å². The number of thioether (sulfide) groups is 1. The zero-order chi connectivity index (χ0) is 45.6. The van der Waals surface area contributed by atoms with E-state index in [4.69, 9.17) is 18.9 Å². The number of carboxylic acids is 2. The minimum Gasteiger partial charge on any atom is -0.477 e. The van der Waals surface area contributed by atoms with E-state index in [9.17, 15) is 29.4 Å². The zero-order valence-corrected chi connectivity index (χ0v) is 37.3. The molecule has 4 aromatic rings. The number of hydrogen-bond donors (Lipinski definition) is 3. The van der Waals surface area contributed by atoms with Crippen molar-refractivity contribution in [3.8, 4) is 11.8 Å². The Kier molecular flexibility index (Phi) is 19.9. The van der Waals surface area contributed by atoms with E-state index in [-0.39, 0.29) is 47.9 Å². The van der Waals surface area contributed by atoms with Gasteiger partial charge in [-0.15, -0.1) is 0 Å². The molecule has 3 heterocycles. The maximum atomic E-state index is 13.7. The molecular weight excluding hydrogens is 851 g/mol. The average Bonchev–Trinajstić information content (AvgIpc) is 3.30. The molecule has 1 amide bonds. The normalized spacial score (nSPS) is 18.2. The van der Waals surface area contributed by atoms with Crippen LogP contribution in [0.4, 0.5) is 0 Å². The molecule has 0 radical (unpaired) electrons. The van der Waals surface area contributed by atoms with E-state index in [0.717, 1.165) is 22.3 Å². The Morgan fingerprint density at radius 1 is 0.677 bits per heavy atom. The Labute approximate surface area is 384 Å². The molecule has 0 bridgehead atoms. The molecule has 344 valence electrons. The van der Waals surface area contributed by atoms with Gasteiger partial charge in [0.15, 0.2) is 0 Å². The average molecular weight is 908 g/mol. The third kappa shape index (κ3) is 16.5. The van der Waals surface area contributed by atoms with Crippen LogP contribution in [0.3, 0.4) is 0 Å². The van der Waals surface area contributed by atoms with Crippen molar-refractivity contribution in [1.82, 2.24) is 25.1 Å². The van der Waals surface area contributed by atoms with Crippen molar-refractivity contribution in [2.24, 2.45) is 0 Å². The fourth-order valence-corrected chi connectivity index (χ4v) is 8.31. The second-order valence-electron chi connectivity index (χ2n) is 15.6. The number of aromatic nitrogens is 2. The van der Waals surface area contributed by atoms with Crippen LogP contribution >= 0.6 is 11.8 Å². The minimum atomic E-state index is -1.09. The molecule has 16 heteroatoms. The summed E-state index contributed by atoms with van der Waals surface area (Å²) in [5.41, 5.74) is 4.89. The summed E-state index contributed by atoms with van der Waals surface area (Å²) in [6, 6.07) is 25.5. The van der Waals surface area contributed by atoms with Gasteiger partial charge in [-0.05, 0) is 53.9 Å². The van der Waals surface area contributed by atoms with E-state index in [0.29, 0.717) is 121 Å². The first-order valence-corrected chi connectivity index (χ1v) is 23.1. The van der Waals surface area contributed by atoms with Crippen molar-refractivity contribution < 1.29 is 48.3 Å². The van der Waals surface area contributed by atoms with Crippen LogP contribution in [0.5, 0.6) is 0 Å². The number of Topliss-reactive ketones (excluding diaryl/α,β-unsaturated/α-hetero) is 1. The first-order chi connectivity index (χ1) is 31.7. The van der Waals surface area contributed by atoms with Crippen molar-refractivity contribution in [3.63, 3.8) is 0 Å². The number of carboxylic acid groups (broad SMARTS) is 2. The van der Waals surface area contributed by atoms with E-state index in [2.05, 4.69) is 36.9 Å². The van der Waals surface area contributed by atoms with Crippen molar-refractivity contribution in [1.29, 1.82) is 0 Å². The van der Waals surface area contributed by atoms with Crippen LogP contribution in [-0.2, 0) is 48.0 Å². The van der Waals surface area contributed by atoms with Gasteiger partial charge in [0.2, 0.25) is 5.91 Å². The van der Waals surface area contributed by atoms with Gasteiger partial charge >= 0.3 is 11.9 Å². The van der Waals surface area contributed by atoms with Gasteiger partial charge in [-0.1, -0.05) is 60.4 Å². The summed E-state index contributed by atoms with van der Waals surface area (Å²) in [7, 11) is 0. The molecule has 2 aromatic carbocycles. The van der Waals surface area contributed by atoms with E-state index in [1.54, 1.807) is 36.0 Å². The predicted molar refractivity (Wildman–Crippen MR) is 245 cm³/mol. The summed E-state index contributed by atoms with van der Waals surface area (Å²) in [5.74, 6) is 4.99. The van der Waals surface area contributed by atoms with Gasteiger partial charge in [0.25, 0.3) is 0 Å². The fraction of sp³-hybridized carbons (Fsp3) is 0.429. The molecule has 3 N–H and O–H groups in total. The molecule has 1 aliphatic heterocycles. The Balaban J connectivity index is 1.01. The molecule has 1 unspecified atom stereocenters. The van der Waals surface area contributed by atoms with Gasteiger partial charge in [-0.25, -0.2) is 19.6 Å². The number of amides is 1. The molecule has 65 heavy (non-hydrogen) atoms. The molecule has 1 saturated heterocycles. The molecule has 15 nitrogen and oxygen atoms in total. The molecule has 0 spiro atoms. The lowest BCUT2D eigenvalue weighted by molar-refractivity contribution is -0.126. The lowest BCUT2D eigenvalue weighted by atomic mass is 9.82. The quantitative estimate of drug-likeness (QED) is 0.111. The Bertz CT molecular complexity index is 2270. The van der Waals surface area contributed by atoms with Gasteiger partial charge in [-0.2, -0.15) is 11.8 Å². The highest BCUT2D eigenvalue weighted by Gasteiger charge is 2.26. The summed E-state index contributed by atoms with van der Waals surface area (Å²) in [4.78, 5) is 62.6. The van der Waals surface area contributed by atoms with Crippen LogP contribution in [0.25, 0.3) is 0 Å². The van der Waals surface area contributed by atoms with Crippen LogP contribution < -0.4 is 5.32 Å². The van der Waals surface area contributed by atoms with Gasteiger partial charge in [0.05, 0.1) is 63.7 Å². The SMILES string of the molecule is O=C(CCC(=O)C1Cc2ccccc2C#Cc2ccccc21)NCCSC[C@@H]1COCCN(Cc2cccc(C(=O)O)n2)CCOCCOCCN(Cc2cccc(C(=O)O)n2)CCO1. The van der Waals surface area contributed by atoms with Crippen molar-refractivity contribution in [2.45, 2.75) is 44.4 Å². The number of hydrogen-bond acceptors (Lipinski definition) is 13. The molecule has 2 aliphatic rings. The van der Waals surface area contributed by atoms with E-state index < -0.39 is 11.9 Å². The lowest BCUT2D eigenvalue weighted by Gasteiger charge is -2.25. The topological polar surface area (TPSA) is 190 Å². The second-order valence-corrected chi connectivity index (χ2v) is 16.8. The van der Waals surface area contributed by atoms with Crippen LogP contribution in [0.1, 0.15) is 73.4 Å². The Hall–Kier alpha value is -5.51. The van der Waals surface area contributed by atoms with Crippen LogP contribution in [-0.4, -0.2) is 150 Å².